The van der Waals surface area contributed by atoms with E-state index < -0.39 is 5.97 Å². The van der Waals surface area contributed by atoms with Crippen LogP contribution in [0.2, 0.25) is 0 Å². The fraction of sp³-hybridized carbons (Fsp3) is 0.586. The molecule has 0 aromatic carbocycles. The molecule has 32 heavy (non-hydrogen) atoms. The van der Waals surface area contributed by atoms with Crippen LogP contribution in [0.15, 0.2) is 58.2 Å². The lowest BCUT2D eigenvalue weighted by Gasteiger charge is -2.03. The Kier molecular flexibility index (Phi) is 17.2. The van der Waals surface area contributed by atoms with E-state index in [-0.39, 0.29) is 12.2 Å². The van der Waals surface area contributed by atoms with Crippen LogP contribution in [0, 0.1) is 0 Å². The Morgan fingerprint density at radius 2 is 0.781 bits per heavy atom. The Labute approximate surface area is 197 Å². The molecular formula is C29H46O3. The number of allylic oxidation sites excluding steroid dienone is 9. The molecule has 0 radical (unpaired) electrons. The Morgan fingerprint density at radius 1 is 0.500 bits per heavy atom. The van der Waals surface area contributed by atoms with Gasteiger partial charge in [0.15, 0.2) is 0 Å². The van der Waals surface area contributed by atoms with Gasteiger partial charge in [-0.3, -0.25) is 4.79 Å². The highest BCUT2D eigenvalue weighted by atomic mass is 16.4. The zero-order valence-corrected chi connectivity index (χ0v) is 21.4. The third-order valence-electron chi connectivity index (χ3n) is 5.55. The van der Waals surface area contributed by atoms with Gasteiger partial charge in [-0.2, -0.15) is 0 Å². The molecule has 0 atom stereocenters. The van der Waals surface area contributed by atoms with E-state index in [0.29, 0.717) is 6.42 Å². The van der Waals surface area contributed by atoms with E-state index in [1.807, 2.05) is 13.0 Å². The van der Waals surface area contributed by atoms with Crippen molar-refractivity contribution >= 4 is 11.8 Å². The maximum atomic E-state index is 11.0. The summed E-state index contributed by atoms with van der Waals surface area (Å²) in [5.41, 5.74) is 6.59. The summed E-state index contributed by atoms with van der Waals surface area (Å²) in [5.74, 6) is -0.500. The van der Waals surface area contributed by atoms with Gasteiger partial charge in [-0.15, -0.1) is 0 Å². The van der Waals surface area contributed by atoms with Crippen LogP contribution in [0.3, 0.4) is 0 Å². The van der Waals surface area contributed by atoms with Gasteiger partial charge in [0.05, 0.1) is 6.42 Å². The number of hydrogen-bond donors (Lipinski definition) is 1. The summed E-state index contributed by atoms with van der Waals surface area (Å²) in [4.78, 5) is 21.7. The summed E-state index contributed by atoms with van der Waals surface area (Å²) in [6, 6.07) is 0. The molecule has 0 aliphatic rings. The number of carboxylic acids is 1. The average molecular weight is 443 g/mol. The molecule has 0 spiro atoms. The van der Waals surface area contributed by atoms with E-state index in [9.17, 15) is 9.59 Å². The van der Waals surface area contributed by atoms with Crippen molar-refractivity contribution in [3.8, 4) is 0 Å². The predicted octanol–water partition coefficient (Wildman–Crippen LogP) is 8.68. The summed E-state index contributed by atoms with van der Waals surface area (Å²) in [7, 11) is 0. The Balaban J connectivity index is 4.12. The molecule has 0 aliphatic carbocycles. The first-order valence-electron chi connectivity index (χ1n) is 12.1. The number of carbonyl (C=O) groups is 2. The van der Waals surface area contributed by atoms with E-state index in [1.54, 1.807) is 6.92 Å². The van der Waals surface area contributed by atoms with E-state index in [0.717, 1.165) is 63.4 Å². The summed E-state index contributed by atoms with van der Waals surface area (Å²) >= 11 is 0. The van der Waals surface area contributed by atoms with Gasteiger partial charge in [0.2, 0.25) is 0 Å². The molecule has 0 heterocycles. The van der Waals surface area contributed by atoms with E-state index in [4.69, 9.17) is 5.11 Å². The first kappa shape index (κ1) is 29.8. The third kappa shape index (κ3) is 19.8. The van der Waals surface area contributed by atoms with Gasteiger partial charge in [-0.1, -0.05) is 58.2 Å². The van der Waals surface area contributed by atoms with E-state index >= 15 is 0 Å². The molecule has 0 unspecified atom stereocenters. The van der Waals surface area contributed by atoms with Gasteiger partial charge in [0.1, 0.15) is 5.78 Å². The van der Waals surface area contributed by atoms with Crippen LogP contribution in [-0.2, 0) is 9.59 Å². The van der Waals surface area contributed by atoms with Crippen molar-refractivity contribution in [3.05, 3.63) is 58.2 Å². The van der Waals surface area contributed by atoms with Crippen LogP contribution >= 0.6 is 0 Å². The quantitative estimate of drug-likeness (QED) is 0.229. The highest BCUT2D eigenvalue weighted by molar-refractivity contribution is 5.75. The standard InChI is InChI=1S/C29H46O3/c1-23(14-8-16-25(3)18-10-20-27(5)22-29(31)32)12-7-13-24(2)15-9-17-26(4)19-11-21-28(6)30/h12,15-16,19-20H,7-11,13-14,17-18,21-22H2,1-6H3,(H,31,32)/b23-12+,24-15+,25-16+,26-19+,27-20+. The lowest BCUT2D eigenvalue weighted by molar-refractivity contribution is -0.136. The SMILES string of the molecule is CC(=O)CC/C=C(\C)CC/C=C(\C)CC/C=C(\C)CC/C=C(\C)CC/C=C(\C)CC(=O)O. The molecule has 180 valence electrons. The first-order chi connectivity index (χ1) is 15.1. The molecule has 1 N–H and O–H groups in total. The van der Waals surface area contributed by atoms with Crippen LogP contribution in [0.25, 0.3) is 0 Å². The summed E-state index contributed by atoms with van der Waals surface area (Å²) in [6.07, 6.45) is 21.4. The van der Waals surface area contributed by atoms with Crippen LogP contribution in [0.4, 0.5) is 0 Å². The summed E-state index contributed by atoms with van der Waals surface area (Å²) in [5, 5.41) is 8.78. The minimum atomic E-state index is -0.760. The van der Waals surface area contributed by atoms with Crippen LogP contribution < -0.4 is 0 Å². The highest BCUT2D eigenvalue weighted by Crippen LogP contribution is 2.15. The normalized spacial score (nSPS) is 14.1. The number of Topliss-reactive ketones (excluding diaryl/α,β-unsaturated/α-hetero) is 1. The minimum absolute atomic E-state index is 0.139. The monoisotopic (exact) mass is 442 g/mol. The molecule has 0 aromatic rings. The van der Waals surface area contributed by atoms with Crippen LogP contribution in [0.1, 0.15) is 112 Å². The zero-order chi connectivity index (χ0) is 24.4. The summed E-state index contributed by atoms with van der Waals surface area (Å²) in [6.45, 7) is 12.3. The molecular weight excluding hydrogens is 396 g/mol. The molecule has 0 aliphatic heterocycles. The van der Waals surface area contributed by atoms with Crippen LogP contribution in [-0.4, -0.2) is 16.9 Å². The molecule has 0 aromatic heterocycles. The smallest absolute Gasteiger partial charge is 0.307 e. The maximum absolute atomic E-state index is 11.0. The number of rotatable bonds is 17. The van der Waals surface area contributed by atoms with E-state index in [2.05, 4.69) is 52.0 Å². The molecule has 0 fully saturated rings. The van der Waals surface area contributed by atoms with Gasteiger partial charge >= 0.3 is 5.97 Å². The first-order valence-corrected chi connectivity index (χ1v) is 12.1. The number of carboxylic acid groups (broad SMARTS) is 1. The topological polar surface area (TPSA) is 54.4 Å². The molecule has 3 heteroatoms. The fourth-order valence-electron chi connectivity index (χ4n) is 3.43. The molecule has 0 rings (SSSR count). The Bertz CT molecular complexity index is 730. The van der Waals surface area contributed by atoms with Crippen LogP contribution in [0.5, 0.6) is 0 Å². The van der Waals surface area contributed by atoms with Crippen molar-refractivity contribution in [2.45, 2.75) is 112 Å². The predicted molar refractivity (Wildman–Crippen MR) is 138 cm³/mol. The largest absolute Gasteiger partial charge is 0.481 e. The second-order valence-electron chi connectivity index (χ2n) is 9.22. The lowest BCUT2D eigenvalue weighted by Crippen LogP contribution is -1.94. The van der Waals surface area contributed by atoms with Crippen molar-refractivity contribution in [1.82, 2.24) is 0 Å². The second-order valence-corrected chi connectivity index (χ2v) is 9.22. The molecule has 0 bridgehead atoms. The highest BCUT2D eigenvalue weighted by Gasteiger charge is 1.98. The zero-order valence-electron chi connectivity index (χ0n) is 21.4. The van der Waals surface area contributed by atoms with Gasteiger partial charge in [0.25, 0.3) is 0 Å². The Morgan fingerprint density at radius 3 is 1.06 bits per heavy atom. The van der Waals surface area contributed by atoms with Gasteiger partial charge < -0.3 is 9.90 Å². The minimum Gasteiger partial charge on any atom is -0.481 e. The maximum Gasteiger partial charge on any atom is 0.307 e. The van der Waals surface area contributed by atoms with Gasteiger partial charge in [-0.05, 0) is 99.3 Å². The molecule has 3 nitrogen and oxygen atoms in total. The fourth-order valence-corrected chi connectivity index (χ4v) is 3.43. The number of aliphatic carboxylic acids is 1. The third-order valence-corrected chi connectivity index (χ3v) is 5.55. The van der Waals surface area contributed by atoms with Gasteiger partial charge in [0, 0.05) is 6.42 Å². The number of ketones is 1. The van der Waals surface area contributed by atoms with E-state index in [1.165, 1.54) is 22.3 Å². The van der Waals surface area contributed by atoms with Gasteiger partial charge in [-0.25, -0.2) is 0 Å². The van der Waals surface area contributed by atoms with Crippen molar-refractivity contribution < 1.29 is 14.7 Å². The number of hydrogen-bond acceptors (Lipinski definition) is 2. The summed E-state index contributed by atoms with van der Waals surface area (Å²) < 4.78 is 0. The number of carbonyl (C=O) groups excluding carboxylic acids is 1. The van der Waals surface area contributed by atoms with Crippen molar-refractivity contribution in [2.24, 2.45) is 0 Å². The lowest BCUT2D eigenvalue weighted by atomic mass is 10.0. The Hall–Kier alpha value is -2.16. The average Bonchev–Trinajstić information content (AvgIpc) is 2.67. The van der Waals surface area contributed by atoms with Crippen molar-refractivity contribution in [1.29, 1.82) is 0 Å². The second kappa shape index (κ2) is 18.4. The molecule has 0 saturated heterocycles. The van der Waals surface area contributed by atoms with Crippen molar-refractivity contribution in [2.75, 3.05) is 0 Å². The molecule has 0 amide bonds. The molecule has 0 saturated carbocycles. The van der Waals surface area contributed by atoms with Crippen molar-refractivity contribution in [3.63, 3.8) is 0 Å².